The van der Waals surface area contributed by atoms with Gasteiger partial charge in [-0.05, 0) is 81.4 Å². The van der Waals surface area contributed by atoms with Crippen molar-refractivity contribution in [3.63, 3.8) is 0 Å². The normalized spacial score (nSPS) is 15.9. The molecule has 8 aromatic rings. The Balaban J connectivity index is 0.000000190. The van der Waals surface area contributed by atoms with E-state index >= 15 is 0 Å². The van der Waals surface area contributed by atoms with Crippen molar-refractivity contribution in [1.29, 1.82) is 10.5 Å². The summed E-state index contributed by atoms with van der Waals surface area (Å²) in [6.45, 7) is 21.3. The van der Waals surface area contributed by atoms with Crippen molar-refractivity contribution in [2.75, 3.05) is 50.2 Å². The Hall–Kier alpha value is -9.00. The lowest BCUT2D eigenvalue weighted by atomic mass is 10.1. The molecule has 2 saturated heterocycles. The first-order valence-corrected chi connectivity index (χ1v) is 25.4. The van der Waals surface area contributed by atoms with Crippen LogP contribution >= 0.6 is 0 Å². The molecule has 404 valence electrons. The van der Waals surface area contributed by atoms with Crippen molar-refractivity contribution in [3.8, 4) is 46.4 Å². The van der Waals surface area contributed by atoms with Crippen LogP contribution in [0.15, 0.2) is 82.6 Å². The monoisotopic (exact) mass is 1060 g/mol. The fourth-order valence-electron chi connectivity index (χ4n) is 8.60. The highest BCUT2D eigenvalue weighted by molar-refractivity contribution is 5.81. The quantitative estimate of drug-likeness (QED) is 0.129. The number of nitrogens with zero attached hydrogens (tertiary/aromatic N) is 14. The molecule has 0 aliphatic carbocycles. The fraction of sp³-hybridized carbons (Fsp3) is 0.407. The van der Waals surface area contributed by atoms with Crippen LogP contribution < -0.4 is 10.6 Å². The SMILES string of the molecule is CC(C)Nc1cc(-n2ncc3cc(C#N)cnc32)ncc1-c1cc(C2COCCN2C(=O)OC(C)(C)C)no1.CC(C)Nc1cc(-n2ncc3cc(C#N)cnc32)ncc1-c1cc(C2COCCN2C(=O)OC(C)(C)C)no1. The Kier molecular flexibility index (Phi) is 15.4. The van der Waals surface area contributed by atoms with Crippen LogP contribution in [0.5, 0.6) is 0 Å². The molecule has 8 aromatic heterocycles. The van der Waals surface area contributed by atoms with E-state index in [9.17, 15) is 9.59 Å². The lowest BCUT2D eigenvalue weighted by Gasteiger charge is -2.35. The number of fused-ring (bicyclic) bond motifs is 2. The van der Waals surface area contributed by atoms with Gasteiger partial charge in [-0.25, -0.2) is 29.5 Å². The molecule has 0 bridgehead atoms. The molecule has 2 aliphatic heterocycles. The fourth-order valence-corrected chi connectivity index (χ4v) is 8.60. The number of ether oxygens (including phenoxy) is 4. The third-order valence-electron chi connectivity index (χ3n) is 12.0. The van der Waals surface area contributed by atoms with Gasteiger partial charge in [0.25, 0.3) is 0 Å². The molecule has 2 N–H and O–H groups in total. The van der Waals surface area contributed by atoms with Crippen LogP contribution in [0.3, 0.4) is 0 Å². The van der Waals surface area contributed by atoms with Gasteiger partial charge in [0.2, 0.25) is 0 Å². The van der Waals surface area contributed by atoms with Crippen LogP contribution in [0.1, 0.15) is 104 Å². The zero-order valence-electron chi connectivity index (χ0n) is 45.0. The Bertz CT molecular complexity index is 3320. The number of carbonyl (C=O) groups excluding carboxylic acids is 2. The van der Waals surface area contributed by atoms with Gasteiger partial charge < -0.3 is 38.6 Å². The molecule has 0 spiro atoms. The third-order valence-corrected chi connectivity index (χ3v) is 12.0. The zero-order valence-corrected chi connectivity index (χ0v) is 45.0. The molecule has 2 fully saturated rings. The predicted molar refractivity (Wildman–Crippen MR) is 284 cm³/mol. The minimum atomic E-state index is -0.618. The van der Waals surface area contributed by atoms with E-state index in [0.29, 0.717) is 94.4 Å². The Morgan fingerprint density at radius 3 is 1.38 bits per heavy atom. The number of anilines is 2. The number of pyridine rings is 4. The summed E-state index contributed by atoms with van der Waals surface area (Å²) < 4.78 is 37.3. The summed E-state index contributed by atoms with van der Waals surface area (Å²) in [5, 5.41) is 44.1. The average Bonchev–Trinajstić information content (AvgIpc) is 4.28. The van der Waals surface area contributed by atoms with E-state index in [1.807, 2.05) is 81.4 Å². The first-order chi connectivity index (χ1) is 37.2. The van der Waals surface area contributed by atoms with E-state index in [1.165, 1.54) is 12.4 Å². The van der Waals surface area contributed by atoms with Crippen LogP contribution in [-0.4, -0.2) is 135 Å². The van der Waals surface area contributed by atoms with Gasteiger partial charge in [0.05, 0.1) is 72.4 Å². The first-order valence-electron chi connectivity index (χ1n) is 25.4. The molecular weight excluding hydrogens is 1000 g/mol. The number of carbonyl (C=O) groups is 2. The lowest BCUT2D eigenvalue weighted by molar-refractivity contribution is -0.0349. The van der Waals surface area contributed by atoms with Gasteiger partial charge in [-0.2, -0.15) is 30.1 Å². The van der Waals surface area contributed by atoms with E-state index in [-0.39, 0.29) is 25.3 Å². The molecule has 2 atom stereocenters. The minimum Gasteiger partial charge on any atom is -0.444 e. The number of nitriles is 2. The molecule has 78 heavy (non-hydrogen) atoms. The molecule has 10 rings (SSSR count). The standard InChI is InChI=1S/2C27H30N8O4/c2*1-16(2)32-20-10-24(35-25-18(13-31-35)8-17(11-28)12-30-25)29-14-19(20)23-9-21(33-39-23)22-15-37-7-6-34(22)26(36)38-27(3,4)5/h2*8-10,12-14,16,22H,6-7,15H2,1-5H3,(H,29,32). The number of nitrogens with one attached hydrogen (secondary N) is 2. The van der Waals surface area contributed by atoms with Crippen molar-refractivity contribution in [3.05, 3.63) is 96.1 Å². The molecule has 0 radical (unpaired) electrons. The second kappa shape index (κ2) is 22.3. The summed E-state index contributed by atoms with van der Waals surface area (Å²) in [5.41, 5.74) is 4.90. The average molecular weight is 1060 g/mol. The summed E-state index contributed by atoms with van der Waals surface area (Å²) >= 11 is 0. The van der Waals surface area contributed by atoms with Gasteiger partial charge in [-0.3, -0.25) is 9.80 Å². The summed E-state index contributed by atoms with van der Waals surface area (Å²) in [4.78, 5) is 47.0. The number of morpholine rings is 2. The lowest BCUT2D eigenvalue weighted by Crippen LogP contribution is -2.45. The first kappa shape index (κ1) is 53.8. The van der Waals surface area contributed by atoms with Crippen molar-refractivity contribution in [1.82, 2.24) is 59.6 Å². The minimum absolute atomic E-state index is 0.112. The van der Waals surface area contributed by atoms with E-state index < -0.39 is 35.5 Å². The molecule has 0 saturated carbocycles. The largest absolute Gasteiger partial charge is 0.444 e. The van der Waals surface area contributed by atoms with Crippen molar-refractivity contribution < 1.29 is 37.6 Å². The molecule has 0 aromatic carbocycles. The number of hydrogen-bond donors (Lipinski definition) is 2. The summed E-state index contributed by atoms with van der Waals surface area (Å²) in [6, 6.07) is 14.3. The van der Waals surface area contributed by atoms with E-state index in [0.717, 1.165) is 22.1 Å². The molecule has 24 nitrogen and oxygen atoms in total. The van der Waals surface area contributed by atoms with Crippen molar-refractivity contribution in [2.24, 2.45) is 0 Å². The smallest absolute Gasteiger partial charge is 0.411 e. The number of rotatable bonds is 10. The van der Waals surface area contributed by atoms with Gasteiger partial charge in [-0.15, -0.1) is 0 Å². The Morgan fingerprint density at radius 2 is 1.01 bits per heavy atom. The Morgan fingerprint density at radius 1 is 0.603 bits per heavy atom. The van der Waals surface area contributed by atoms with Gasteiger partial charge in [0.15, 0.2) is 34.5 Å². The van der Waals surface area contributed by atoms with E-state index in [4.69, 9.17) is 38.5 Å². The Labute approximate surface area is 449 Å². The van der Waals surface area contributed by atoms with Gasteiger partial charge in [0.1, 0.15) is 46.8 Å². The van der Waals surface area contributed by atoms with Crippen LogP contribution in [0.2, 0.25) is 0 Å². The second-order valence-electron chi connectivity index (χ2n) is 21.1. The molecular formula is C54H60N16O8. The third kappa shape index (κ3) is 12.1. The highest BCUT2D eigenvalue weighted by Gasteiger charge is 2.36. The molecule has 2 aliphatic rings. The molecule has 2 unspecified atom stereocenters. The van der Waals surface area contributed by atoms with Crippen LogP contribution in [0.25, 0.3) is 56.3 Å². The number of hydrogen-bond acceptors (Lipinski definition) is 20. The maximum atomic E-state index is 12.9. The highest BCUT2D eigenvalue weighted by Crippen LogP contribution is 2.36. The maximum absolute atomic E-state index is 12.9. The highest BCUT2D eigenvalue weighted by atomic mass is 16.6. The van der Waals surface area contributed by atoms with Crippen molar-refractivity contribution in [2.45, 2.75) is 105 Å². The molecule has 10 heterocycles. The number of amides is 2. The summed E-state index contributed by atoms with van der Waals surface area (Å²) in [5.74, 6) is 2.07. The van der Waals surface area contributed by atoms with Gasteiger partial charge in [-0.1, -0.05) is 10.3 Å². The van der Waals surface area contributed by atoms with E-state index in [1.54, 1.807) is 68.2 Å². The predicted octanol–water partition coefficient (Wildman–Crippen LogP) is 8.94. The van der Waals surface area contributed by atoms with Gasteiger partial charge >= 0.3 is 12.2 Å². The van der Waals surface area contributed by atoms with Crippen LogP contribution in [0.4, 0.5) is 21.0 Å². The topological polar surface area (TPSA) is 288 Å². The van der Waals surface area contributed by atoms with Gasteiger partial charge in [0, 0.05) is 85.0 Å². The zero-order chi connectivity index (χ0) is 55.5. The molecule has 24 heteroatoms. The van der Waals surface area contributed by atoms with Crippen LogP contribution in [-0.2, 0) is 18.9 Å². The molecule has 2 amide bonds. The summed E-state index contributed by atoms with van der Waals surface area (Å²) in [6.07, 6.45) is 8.85. The number of aromatic nitrogens is 10. The van der Waals surface area contributed by atoms with Crippen LogP contribution in [0, 0.1) is 22.7 Å². The summed E-state index contributed by atoms with van der Waals surface area (Å²) in [7, 11) is 0. The maximum Gasteiger partial charge on any atom is 0.411 e. The van der Waals surface area contributed by atoms with Crippen molar-refractivity contribution >= 4 is 45.6 Å². The van der Waals surface area contributed by atoms with E-state index in [2.05, 4.69) is 63.2 Å². The second-order valence-corrected chi connectivity index (χ2v) is 21.1.